The molecule has 1 aliphatic carbocycles. The van der Waals surface area contributed by atoms with Crippen molar-refractivity contribution in [2.45, 2.75) is 46.0 Å². The topological polar surface area (TPSA) is 0 Å². The normalized spacial score (nSPS) is 16.4. The minimum atomic E-state index is 0. The van der Waals surface area contributed by atoms with Crippen LogP contribution < -0.4 is 0 Å². The number of hydrogen-bond acceptors (Lipinski definition) is 0. The fourth-order valence-corrected chi connectivity index (χ4v) is 0.898. The molecule has 1 fully saturated rings. The van der Waals surface area contributed by atoms with Gasteiger partial charge in [-0.2, -0.15) is 18.8 Å². The van der Waals surface area contributed by atoms with E-state index in [1.165, 1.54) is 32.1 Å². The summed E-state index contributed by atoms with van der Waals surface area (Å²) in [6.45, 7) is 7.75. The maximum absolute atomic E-state index is 3.64. The Balaban J connectivity index is 0. The monoisotopic (exact) mass is 164 g/mol. The van der Waals surface area contributed by atoms with E-state index in [1.807, 2.05) is 0 Å². The van der Waals surface area contributed by atoms with Crippen molar-refractivity contribution in [3.8, 4) is 0 Å². The van der Waals surface area contributed by atoms with E-state index >= 15 is 0 Å². The van der Waals surface area contributed by atoms with Gasteiger partial charge in [0, 0.05) is 0 Å². The third-order valence-electron chi connectivity index (χ3n) is 1.32. The SMILES string of the molecule is [CH-]1CCCCC1.[CH2-]C(C)C.[Mg+2]. The summed E-state index contributed by atoms with van der Waals surface area (Å²) in [7, 11) is 0. The molecule has 0 aromatic carbocycles. The number of rotatable bonds is 0. The van der Waals surface area contributed by atoms with Gasteiger partial charge in [-0.3, -0.25) is 0 Å². The molecule has 1 rings (SSSR count). The summed E-state index contributed by atoms with van der Waals surface area (Å²) in [6, 6.07) is 0. The van der Waals surface area contributed by atoms with Crippen LogP contribution in [-0.2, 0) is 0 Å². The molecule has 0 atom stereocenters. The molecule has 1 heteroatoms. The molecule has 0 aromatic rings. The third-order valence-corrected chi connectivity index (χ3v) is 1.32. The Morgan fingerprint density at radius 2 is 1.45 bits per heavy atom. The van der Waals surface area contributed by atoms with Crippen LogP contribution in [0, 0.1) is 19.3 Å². The summed E-state index contributed by atoms with van der Waals surface area (Å²) in [5, 5.41) is 0. The Labute approximate surface area is 88.3 Å². The van der Waals surface area contributed by atoms with Crippen LogP contribution >= 0.6 is 0 Å². The van der Waals surface area contributed by atoms with Crippen LogP contribution in [0.15, 0.2) is 0 Å². The Morgan fingerprint density at radius 1 is 1.09 bits per heavy atom. The van der Waals surface area contributed by atoms with Crippen molar-refractivity contribution in [2.75, 3.05) is 0 Å². The smallest absolute Gasteiger partial charge is 0.341 e. The Kier molecular flexibility index (Phi) is 14.0. The molecule has 0 nitrogen and oxygen atoms in total. The quantitative estimate of drug-likeness (QED) is 0.381. The van der Waals surface area contributed by atoms with Gasteiger partial charge in [-0.15, -0.1) is 0 Å². The molecule has 0 unspecified atom stereocenters. The fraction of sp³-hybridized carbons (Fsp3) is 0.800. The molecule has 1 aliphatic rings. The van der Waals surface area contributed by atoms with Crippen molar-refractivity contribution < 1.29 is 0 Å². The first-order valence-electron chi connectivity index (χ1n) is 4.38. The molecular weight excluding hydrogens is 144 g/mol. The first-order chi connectivity index (χ1) is 4.73. The van der Waals surface area contributed by atoms with Crippen LogP contribution in [-0.4, -0.2) is 23.1 Å². The summed E-state index contributed by atoms with van der Waals surface area (Å²) >= 11 is 0. The maximum Gasteiger partial charge on any atom is 2.00 e. The van der Waals surface area contributed by atoms with Gasteiger partial charge in [0.05, 0.1) is 0 Å². The molecule has 0 aromatic heterocycles. The van der Waals surface area contributed by atoms with Crippen LogP contribution in [0.4, 0.5) is 0 Å². The minimum absolute atomic E-state index is 0. The molecule has 62 valence electrons. The van der Waals surface area contributed by atoms with Crippen molar-refractivity contribution in [1.82, 2.24) is 0 Å². The van der Waals surface area contributed by atoms with Crippen molar-refractivity contribution in [2.24, 2.45) is 5.92 Å². The standard InChI is InChI=1S/C6H11.C4H9.Mg/c1-2-4-6-5-3-1;1-4(2)3;/h1H,2-6H2;4H,1H2,2-3H3;/q2*-1;+2. The Bertz CT molecular complexity index is 41.6. The van der Waals surface area contributed by atoms with E-state index in [0.29, 0.717) is 5.92 Å². The van der Waals surface area contributed by atoms with E-state index in [0.717, 1.165) is 0 Å². The van der Waals surface area contributed by atoms with E-state index < -0.39 is 0 Å². The largest absolute Gasteiger partial charge is 2.00 e. The zero-order chi connectivity index (χ0) is 7.82. The zero-order valence-corrected chi connectivity index (χ0v) is 9.52. The second kappa shape index (κ2) is 10.8. The van der Waals surface area contributed by atoms with E-state index in [-0.39, 0.29) is 23.1 Å². The minimum Gasteiger partial charge on any atom is -0.341 e. The predicted molar refractivity (Wildman–Crippen MR) is 53.3 cm³/mol. The first-order valence-corrected chi connectivity index (χ1v) is 4.38. The van der Waals surface area contributed by atoms with Gasteiger partial charge in [0.1, 0.15) is 0 Å². The molecule has 11 heavy (non-hydrogen) atoms. The maximum atomic E-state index is 3.64. The van der Waals surface area contributed by atoms with Crippen LogP contribution in [0.3, 0.4) is 0 Å². The van der Waals surface area contributed by atoms with Crippen LogP contribution in [0.5, 0.6) is 0 Å². The number of hydrogen-bond donors (Lipinski definition) is 0. The molecule has 0 N–H and O–H groups in total. The van der Waals surface area contributed by atoms with Gasteiger partial charge in [-0.25, -0.2) is 0 Å². The van der Waals surface area contributed by atoms with Crippen molar-refractivity contribution in [1.29, 1.82) is 0 Å². The predicted octanol–water partition coefficient (Wildman–Crippen LogP) is 3.25. The molecule has 0 heterocycles. The van der Waals surface area contributed by atoms with Gasteiger partial charge in [0.2, 0.25) is 0 Å². The van der Waals surface area contributed by atoms with Crippen LogP contribution in [0.2, 0.25) is 0 Å². The Hall–Kier alpha value is 0.766. The van der Waals surface area contributed by atoms with Gasteiger partial charge < -0.3 is 13.3 Å². The van der Waals surface area contributed by atoms with Gasteiger partial charge in [0.25, 0.3) is 0 Å². The van der Waals surface area contributed by atoms with Crippen molar-refractivity contribution >= 4 is 23.1 Å². The van der Waals surface area contributed by atoms with E-state index in [1.54, 1.807) is 0 Å². The molecule has 0 spiro atoms. The third kappa shape index (κ3) is 18.1. The summed E-state index contributed by atoms with van der Waals surface area (Å²) in [4.78, 5) is 0. The summed E-state index contributed by atoms with van der Waals surface area (Å²) in [5.74, 6) is 0.583. The zero-order valence-electron chi connectivity index (χ0n) is 8.10. The molecule has 0 amide bonds. The van der Waals surface area contributed by atoms with E-state index in [9.17, 15) is 0 Å². The van der Waals surface area contributed by atoms with Crippen molar-refractivity contribution in [3.05, 3.63) is 13.3 Å². The molecular formula is C10H20Mg. The average molecular weight is 165 g/mol. The molecule has 0 bridgehead atoms. The summed E-state index contributed by atoms with van der Waals surface area (Å²) < 4.78 is 0. The van der Waals surface area contributed by atoms with Crippen LogP contribution in [0.1, 0.15) is 46.0 Å². The van der Waals surface area contributed by atoms with Crippen molar-refractivity contribution in [3.63, 3.8) is 0 Å². The average Bonchev–Trinajstić information content (AvgIpc) is 1.90. The molecule has 0 aliphatic heterocycles. The first kappa shape index (κ1) is 14.3. The van der Waals surface area contributed by atoms with E-state index in [4.69, 9.17) is 0 Å². The second-order valence-electron chi connectivity index (χ2n) is 3.32. The summed E-state index contributed by atoms with van der Waals surface area (Å²) in [5.41, 5.74) is 0. The van der Waals surface area contributed by atoms with Gasteiger partial charge in [-0.1, -0.05) is 33.1 Å². The second-order valence-corrected chi connectivity index (χ2v) is 3.32. The molecule has 0 radical (unpaired) electrons. The van der Waals surface area contributed by atoms with E-state index in [2.05, 4.69) is 27.2 Å². The Morgan fingerprint density at radius 3 is 1.55 bits per heavy atom. The summed E-state index contributed by atoms with van der Waals surface area (Å²) in [6.07, 6.45) is 9.50. The molecule has 1 saturated carbocycles. The molecule has 0 saturated heterocycles. The fourth-order valence-electron chi connectivity index (χ4n) is 0.898. The van der Waals surface area contributed by atoms with Gasteiger partial charge >= 0.3 is 23.1 Å². The van der Waals surface area contributed by atoms with Crippen LogP contribution in [0.25, 0.3) is 0 Å². The van der Waals surface area contributed by atoms with Gasteiger partial charge in [0.15, 0.2) is 0 Å². The van der Waals surface area contributed by atoms with Gasteiger partial charge in [-0.05, 0) is 0 Å².